The van der Waals surface area contributed by atoms with Crippen LogP contribution < -0.4 is 11.2 Å². The number of nitrogens with one attached hydrogen (secondary N) is 1. The Morgan fingerprint density at radius 2 is 1.93 bits per heavy atom. The minimum atomic E-state index is -0.578. The fourth-order valence-corrected chi connectivity index (χ4v) is 2.34. The van der Waals surface area contributed by atoms with Gasteiger partial charge in [-0.1, -0.05) is 12.2 Å². The Morgan fingerprint density at radius 1 is 1.36 bits per heavy atom. The summed E-state index contributed by atoms with van der Waals surface area (Å²) in [7, 11) is 0. The molecule has 0 aliphatic heterocycles. The quantitative estimate of drug-likeness (QED) is 0.479. The van der Waals surface area contributed by atoms with Crippen molar-refractivity contribution in [2.45, 2.75) is 25.7 Å². The third-order valence-electron chi connectivity index (χ3n) is 3.03. The predicted octanol–water partition coefficient (Wildman–Crippen LogP) is 1.39. The number of primary amides is 1. The molecule has 4 heteroatoms. The lowest BCUT2D eigenvalue weighted by atomic mass is 9.86. The number of fused-ring (bicyclic) bond motifs is 1. The van der Waals surface area contributed by atoms with Crippen LogP contribution in [-0.2, 0) is 0 Å². The maximum atomic E-state index is 10.5. The van der Waals surface area contributed by atoms with Gasteiger partial charge in [-0.2, -0.15) is 5.10 Å². The molecule has 2 atom stereocenters. The molecule has 0 aromatic carbocycles. The summed E-state index contributed by atoms with van der Waals surface area (Å²) in [6.45, 7) is 0. The van der Waals surface area contributed by atoms with Crippen LogP contribution >= 0.6 is 0 Å². The average Bonchev–Trinajstić information content (AvgIpc) is 2.57. The first-order chi connectivity index (χ1) is 6.75. The summed E-state index contributed by atoms with van der Waals surface area (Å²) < 4.78 is 0. The van der Waals surface area contributed by atoms with Crippen molar-refractivity contribution in [2.75, 3.05) is 0 Å². The Bertz CT molecular complexity index is 278. The molecule has 2 rings (SSSR count). The zero-order chi connectivity index (χ0) is 9.97. The molecule has 0 radical (unpaired) electrons. The number of hydrogen-bond acceptors (Lipinski definition) is 2. The van der Waals surface area contributed by atoms with Gasteiger partial charge in [0.15, 0.2) is 0 Å². The Balaban J connectivity index is 1.94. The number of amides is 2. The summed E-state index contributed by atoms with van der Waals surface area (Å²) in [6.07, 6.45) is 8.81. The molecule has 0 aromatic rings. The van der Waals surface area contributed by atoms with Crippen LogP contribution in [0.1, 0.15) is 25.7 Å². The van der Waals surface area contributed by atoms with Gasteiger partial charge in [-0.15, -0.1) is 0 Å². The number of hydrogen-bond donors (Lipinski definition) is 2. The largest absolute Gasteiger partial charge is 0.350 e. The summed E-state index contributed by atoms with van der Waals surface area (Å²) in [5, 5.41) is 4.01. The van der Waals surface area contributed by atoms with E-state index in [4.69, 9.17) is 5.73 Å². The van der Waals surface area contributed by atoms with E-state index in [-0.39, 0.29) is 0 Å². The van der Waals surface area contributed by atoms with Gasteiger partial charge in [0.25, 0.3) is 0 Å². The number of rotatable bonds is 1. The molecule has 76 valence electrons. The second-order valence-electron chi connectivity index (χ2n) is 4.03. The Hall–Kier alpha value is -1.32. The van der Waals surface area contributed by atoms with Crippen LogP contribution in [0, 0.1) is 11.8 Å². The molecule has 1 fully saturated rings. The van der Waals surface area contributed by atoms with Crippen LogP contribution in [0.4, 0.5) is 4.79 Å². The second kappa shape index (κ2) is 3.82. The van der Waals surface area contributed by atoms with Crippen molar-refractivity contribution in [3.8, 4) is 0 Å². The van der Waals surface area contributed by atoms with Crippen molar-refractivity contribution in [1.82, 2.24) is 5.43 Å². The van der Waals surface area contributed by atoms with Crippen LogP contribution in [0.5, 0.6) is 0 Å². The summed E-state index contributed by atoms with van der Waals surface area (Å²) in [6, 6.07) is -0.578. The highest BCUT2D eigenvalue weighted by Gasteiger charge is 2.31. The van der Waals surface area contributed by atoms with Crippen LogP contribution in [0.3, 0.4) is 0 Å². The van der Waals surface area contributed by atoms with Crippen LogP contribution in [0.15, 0.2) is 17.3 Å². The molecule has 0 bridgehead atoms. The summed E-state index contributed by atoms with van der Waals surface area (Å²) in [5.74, 6) is 1.46. The van der Waals surface area contributed by atoms with Crippen molar-refractivity contribution < 1.29 is 4.79 Å². The Kier molecular flexibility index (Phi) is 2.52. The van der Waals surface area contributed by atoms with Crippen molar-refractivity contribution >= 4 is 11.7 Å². The first-order valence-corrected chi connectivity index (χ1v) is 5.01. The number of nitrogens with zero attached hydrogens (tertiary/aromatic N) is 1. The maximum Gasteiger partial charge on any atom is 0.332 e. The molecule has 0 saturated heterocycles. The van der Waals surface area contributed by atoms with Gasteiger partial charge in [0.2, 0.25) is 0 Å². The van der Waals surface area contributed by atoms with Gasteiger partial charge in [-0.25, -0.2) is 10.2 Å². The molecule has 14 heavy (non-hydrogen) atoms. The number of urea groups is 1. The lowest BCUT2D eigenvalue weighted by molar-refractivity contribution is 0.249. The van der Waals surface area contributed by atoms with Gasteiger partial charge in [0.05, 0.1) is 0 Å². The lowest BCUT2D eigenvalue weighted by Gasteiger charge is -2.18. The third kappa shape index (κ3) is 1.95. The van der Waals surface area contributed by atoms with Crippen molar-refractivity contribution in [3.05, 3.63) is 12.2 Å². The zero-order valence-corrected chi connectivity index (χ0v) is 8.07. The molecular formula is C10H15N3O. The van der Waals surface area contributed by atoms with Gasteiger partial charge in [-0.3, -0.25) is 0 Å². The van der Waals surface area contributed by atoms with Crippen molar-refractivity contribution in [1.29, 1.82) is 0 Å². The molecule has 2 aliphatic rings. The SMILES string of the molecule is NC(=O)NN=C1C[C@H]2CC=CC[C@H]2C1. The van der Waals surface area contributed by atoms with E-state index in [9.17, 15) is 4.79 Å². The highest BCUT2D eigenvalue weighted by Crippen LogP contribution is 2.37. The fraction of sp³-hybridized carbons (Fsp3) is 0.600. The number of carbonyl (C=O) groups excluding carboxylic acids is 1. The van der Waals surface area contributed by atoms with E-state index in [1.165, 1.54) is 0 Å². The number of hydrazone groups is 1. The second-order valence-corrected chi connectivity index (χ2v) is 4.03. The topological polar surface area (TPSA) is 67.5 Å². The van der Waals surface area contributed by atoms with Gasteiger partial charge >= 0.3 is 6.03 Å². The Morgan fingerprint density at radius 3 is 2.43 bits per heavy atom. The minimum absolute atomic E-state index is 0.578. The van der Waals surface area contributed by atoms with Crippen molar-refractivity contribution in [3.63, 3.8) is 0 Å². The van der Waals surface area contributed by atoms with E-state index < -0.39 is 6.03 Å². The fourth-order valence-electron chi connectivity index (χ4n) is 2.34. The molecule has 0 unspecified atom stereocenters. The summed E-state index contributed by atoms with van der Waals surface area (Å²) in [4.78, 5) is 10.5. The minimum Gasteiger partial charge on any atom is -0.350 e. The van der Waals surface area contributed by atoms with Gasteiger partial charge < -0.3 is 5.73 Å². The van der Waals surface area contributed by atoms with E-state index in [1.807, 2.05) is 0 Å². The maximum absolute atomic E-state index is 10.5. The molecule has 0 heterocycles. The van der Waals surface area contributed by atoms with Crippen LogP contribution in [0.25, 0.3) is 0 Å². The highest BCUT2D eigenvalue weighted by atomic mass is 16.2. The van der Waals surface area contributed by atoms with Crippen LogP contribution in [-0.4, -0.2) is 11.7 Å². The van der Waals surface area contributed by atoms with E-state index in [0.717, 1.165) is 43.2 Å². The van der Waals surface area contributed by atoms with E-state index in [0.29, 0.717) is 0 Å². The normalized spacial score (nSPS) is 33.0. The average molecular weight is 193 g/mol. The monoisotopic (exact) mass is 193 g/mol. The number of allylic oxidation sites excluding steroid dienone is 2. The number of carbonyl (C=O) groups is 1. The lowest BCUT2D eigenvalue weighted by Crippen LogP contribution is -2.25. The van der Waals surface area contributed by atoms with E-state index >= 15 is 0 Å². The van der Waals surface area contributed by atoms with Gasteiger partial charge in [0, 0.05) is 5.71 Å². The highest BCUT2D eigenvalue weighted by molar-refractivity contribution is 5.88. The molecule has 3 N–H and O–H groups in total. The zero-order valence-electron chi connectivity index (χ0n) is 8.07. The Labute approximate surface area is 83.2 Å². The number of nitrogens with two attached hydrogens (primary N) is 1. The molecule has 2 aliphatic carbocycles. The first kappa shape index (κ1) is 9.24. The standard InChI is InChI=1S/C10H15N3O/c11-10(14)13-12-9-5-7-3-1-2-4-8(7)6-9/h1-2,7-8H,3-6H2,(H3,11,13,14)/t7-,8+. The summed E-state index contributed by atoms with van der Waals surface area (Å²) >= 11 is 0. The molecule has 0 spiro atoms. The summed E-state index contributed by atoms with van der Waals surface area (Å²) in [5.41, 5.74) is 8.34. The van der Waals surface area contributed by atoms with Crippen LogP contribution in [0.2, 0.25) is 0 Å². The first-order valence-electron chi connectivity index (χ1n) is 5.01. The molecule has 2 amide bonds. The predicted molar refractivity (Wildman–Crippen MR) is 54.7 cm³/mol. The van der Waals surface area contributed by atoms with Crippen molar-refractivity contribution in [2.24, 2.45) is 22.7 Å². The van der Waals surface area contributed by atoms with Gasteiger partial charge in [0.1, 0.15) is 0 Å². The van der Waals surface area contributed by atoms with Gasteiger partial charge in [-0.05, 0) is 37.5 Å². The van der Waals surface area contributed by atoms with E-state index in [1.54, 1.807) is 0 Å². The third-order valence-corrected chi connectivity index (χ3v) is 3.03. The molecule has 1 saturated carbocycles. The molecule has 0 aromatic heterocycles. The molecule has 4 nitrogen and oxygen atoms in total. The smallest absolute Gasteiger partial charge is 0.332 e. The van der Waals surface area contributed by atoms with E-state index in [2.05, 4.69) is 22.7 Å². The molecular weight excluding hydrogens is 178 g/mol.